The van der Waals surface area contributed by atoms with Gasteiger partial charge in [0.2, 0.25) is 5.91 Å². The number of hydrogen-bond donors (Lipinski definition) is 1. The Morgan fingerprint density at radius 2 is 1.96 bits per heavy atom. The topological polar surface area (TPSA) is 69.7 Å². The largest absolute Gasteiger partial charge is 0.342 e. The molecule has 1 N–H and O–H groups in total. The lowest BCUT2D eigenvalue weighted by atomic mass is 9.85. The van der Waals surface area contributed by atoms with Crippen LogP contribution in [0.15, 0.2) is 24.3 Å². The zero-order valence-corrected chi connectivity index (χ0v) is 15.2. The fourth-order valence-corrected chi connectivity index (χ4v) is 4.86. The van der Waals surface area contributed by atoms with E-state index in [2.05, 4.69) is 23.5 Å². The Balaban J connectivity index is 1.40. The first kappa shape index (κ1) is 17.1. The van der Waals surface area contributed by atoms with Crippen molar-refractivity contribution < 1.29 is 14.4 Å². The smallest absolute Gasteiger partial charge is 0.325 e. The van der Waals surface area contributed by atoms with Crippen molar-refractivity contribution in [3.63, 3.8) is 0 Å². The van der Waals surface area contributed by atoms with Gasteiger partial charge in [-0.05, 0) is 49.7 Å². The quantitative estimate of drug-likeness (QED) is 0.844. The Morgan fingerprint density at radius 3 is 2.69 bits per heavy atom. The number of imide groups is 1. The molecule has 1 unspecified atom stereocenters. The molecule has 138 valence electrons. The molecule has 6 heteroatoms. The number of fused-ring (bicyclic) bond motifs is 1. The zero-order chi connectivity index (χ0) is 18.3. The second-order valence-corrected chi connectivity index (χ2v) is 7.55. The molecule has 3 aliphatic rings. The number of likely N-dealkylation sites (N-methyl/N-ethyl adjacent to an activating group) is 1. The van der Waals surface area contributed by atoms with E-state index < -0.39 is 5.54 Å². The maximum absolute atomic E-state index is 12.8. The molecule has 4 amide bonds. The van der Waals surface area contributed by atoms with Gasteiger partial charge in [-0.25, -0.2) is 4.79 Å². The van der Waals surface area contributed by atoms with E-state index in [1.165, 1.54) is 11.1 Å². The molecule has 1 aliphatic carbocycles. The number of urea groups is 1. The molecule has 2 saturated heterocycles. The van der Waals surface area contributed by atoms with Gasteiger partial charge in [0, 0.05) is 26.1 Å². The second kappa shape index (κ2) is 6.41. The van der Waals surface area contributed by atoms with Gasteiger partial charge in [0.15, 0.2) is 0 Å². The molecular formula is C20H25N3O3. The van der Waals surface area contributed by atoms with Gasteiger partial charge in [0.1, 0.15) is 5.54 Å². The van der Waals surface area contributed by atoms with Gasteiger partial charge >= 0.3 is 6.03 Å². The highest BCUT2D eigenvalue weighted by Crippen LogP contribution is 2.37. The van der Waals surface area contributed by atoms with E-state index in [-0.39, 0.29) is 17.8 Å². The molecule has 2 fully saturated rings. The van der Waals surface area contributed by atoms with Crippen LogP contribution >= 0.6 is 0 Å². The van der Waals surface area contributed by atoms with E-state index in [9.17, 15) is 14.4 Å². The highest BCUT2D eigenvalue weighted by atomic mass is 16.2. The number of likely N-dealkylation sites (tertiary alicyclic amines) is 1. The van der Waals surface area contributed by atoms with Crippen molar-refractivity contribution in [2.45, 2.75) is 50.5 Å². The molecule has 0 bridgehead atoms. The summed E-state index contributed by atoms with van der Waals surface area (Å²) in [5, 5.41) is 2.44. The van der Waals surface area contributed by atoms with Crippen LogP contribution in [0.4, 0.5) is 4.79 Å². The molecular weight excluding hydrogens is 330 g/mol. The summed E-state index contributed by atoms with van der Waals surface area (Å²) in [6.07, 6.45) is 3.65. The average Bonchev–Trinajstić information content (AvgIpc) is 3.15. The van der Waals surface area contributed by atoms with Crippen LogP contribution in [0.3, 0.4) is 0 Å². The van der Waals surface area contributed by atoms with Crippen molar-refractivity contribution in [1.29, 1.82) is 0 Å². The maximum Gasteiger partial charge on any atom is 0.325 e. The number of nitrogens with one attached hydrogen (secondary N) is 1. The lowest BCUT2D eigenvalue weighted by Gasteiger charge is -2.42. The summed E-state index contributed by atoms with van der Waals surface area (Å²) in [5.41, 5.74) is 1.91. The minimum atomic E-state index is -0.761. The molecule has 2 heterocycles. The minimum absolute atomic E-state index is 0.161. The number of rotatable bonds is 3. The summed E-state index contributed by atoms with van der Waals surface area (Å²) in [4.78, 5) is 40.6. The predicted molar refractivity (Wildman–Crippen MR) is 96.6 cm³/mol. The molecule has 1 aromatic rings. The molecule has 0 radical (unpaired) electrons. The number of amides is 4. The molecule has 1 spiro atoms. The van der Waals surface area contributed by atoms with Crippen molar-refractivity contribution in [2.75, 3.05) is 19.6 Å². The minimum Gasteiger partial charge on any atom is -0.342 e. The van der Waals surface area contributed by atoms with Gasteiger partial charge < -0.3 is 9.80 Å². The van der Waals surface area contributed by atoms with E-state index in [4.69, 9.17) is 0 Å². The van der Waals surface area contributed by atoms with Crippen LogP contribution in [0.25, 0.3) is 0 Å². The predicted octanol–water partition coefficient (Wildman–Crippen LogP) is 2.04. The van der Waals surface area contributed by atoms with Crippen LogP contribution in [0.5, 0.6) is 0 Å². The summed E-state index contributed by atoms with van der Waals surface area (Å²) in [6.45, 7) is 3.45. The van der Waals surface area contributed by atoms with Gasteiger partial charge in [0.05, 0.1) is 0 Å². The lowest BCUT2D eigenvalue weighted by molar-refractivity contribution is -0.138. The average molecular weight is 355 g/mol. The third kappa shape index (κ3) is 2.59. The number of benzene rings is 1. The summed E-state index contributed by atoms with van der Waals surface area (Å²) >= 11 is 0. The number of aryl methyl sites for hydroxylation is 1. The van der Waals surface area contributed by atoms with Crippen LogP contribution in [-0.4, -0.2) is 52.8 Å². The Morgan fingerprint density at radius 1 is 1.23 bits per heavy atom. The van der Waals surface area contributed by atoms with Crippen LogP contribution < -0.4 is 5.32 Å². The fraction of sp³-hybridized carbons (Fsp3) is 0.550. The van der Waals surface area contributed by atoms with Gasteiger partial charge in [-0.3, -0.25) is 14.9 Å². The second-order valence-electron chi connectivity index (χ2n) is 7.55. The number of piperidine rings is 1. The van der Waals surface area contributed by atoms with E-state index in [1.54, 1.807) is 4.90 Å². The Bertz CT molecular complexity index is 752. The molecule has 6 nitrogen and oxygen atoms in total. The van der Waals surface area contributed by atoms with E-state index in [0.29, 0.717) is 44.8 Å². The van der Waals surface area contributed by atoms with E-state index in [0.717, 1.165) is 12.8 Å². The first-order valence-corrected chi connectivity index (χ1v) is 9.54. The van der Waals surface area contributed by atoms with Crippen molar-refractivity contribution in [1.82, 2.24) is 15.1 Å². The van der Waals surface area contributed by atoms with Gasteiger partial charge in [-0.15, -0.1) is 0 Å². The van der Waals surface area contributed by atoms with Crippen molar-refractivity contribution in [2.24, 2.45) is 0 Å². The monoisotopic (exact) mass is 355 g/mol. The first-order chi connectivity index (χ1) is 12.5. The first-order valence-electron chi connectivity index (χ1n) is 9.54. The molecule has 26 heavy (non-hydrogen) atoms. The maximum atomic E-state index is 12.8. The van der Waals surface area contributed by atoms with Crippen molar-refractivity contribution in [3.05, 3.63) is 35.4 Å². The van der Waals surface area contributed by atoms with Crippen molar-refractivity contribution >= 4 is 17.8 Å². The van der Waals surface area contributed by atoms with Crippen LogP contribution in [0.1, 0.15) is 49.7 Å². The summed E-state index contributed by atoms with van der Waals surface area (Å²) in [5.74, 6) is 0.258. The van der Waals surface area contributed by atoms with Crippen LogP contribution in [0.2, 0.25) is 0 Å². The van der Waals surface area contributed by atoms with Crippen LogP contribution in [-0.2, 0) is 16.0 Å². The standard InChI is InChI=1S/C20H25N3O3/c1-2-23-19(26)21-18(25)20(23)9-11-22(12-10-20)17(24)13-15-8-7-14-5-3-4-6-16(14)15/h3-6,15H,2,7-13H2,1H3,(H,21,25,26). The third-order valence-corrected chi connectivity index (χ3v) is 6.34. The highest BCUT2D eigenvalue weighted by Gasteiger charge is 2.53. The summed E-state index contributed by atoms with van der Waals surface area (Å²) < 4.78 is 0. The Labute approximate surface area is 153 Å². The van der Waals surface area contributed by atoms with Gasteiger partial charge in [0.25, 0.3) is 5.91 Å². The van der Waals surface area contributed by atoms with Crippen molar-refractivity contribution in [3.8, 4) is 0 Å². The number of carbonyl (C=O) groups is 3. The summed E-state index contributed by atoms with van der Waals surface area (Å²) in [7, 11) is 0. The molecule has 0 saturated carbocycles. The molecule has 4 rings (SSSR count). The van der Waals surface area contributed by atoms with Crippen LogP contribution in [0, 0.1) is 0 Å². The number of nitrogens with zero attached hydrogens (tertiary/aromatic N) is 2. The van der Waals surface area contributed by atoms with Gasteiger partial charge in [-0.2, -0.15) is 0 Å². The normalized spacial score (nSPS) is 24.1. The third-order valence-electron chi connectivity index (χ3n) is 6.34. The summed E-state index contributed by atoms with van der Waals surface area (Å²) in [6, 6.07) is 8.08. The highest BCUT2D eigenvalue weighted by molar-refractivity contribution is 6.07. The zero-order valence-electron chi connectivity index (χ0n) is 15.2. The van der Waals surface area contributed by atoms with E-state index >= 15 is 0 Å². The molecule has 1 atom stereocenters. The Kier molecular flexibility index (Phi) is 4.21. The molecule has 0 aromatic heterocycles. The number of hydrogen-bond acceptors (Lipinski definition) is 3. The molecule has 2 aliphatic heterocycles. The molecule has 1 aromatic carbocycles. The Hall–Kier alpha value is -2.37. The number of carbonyl (C=O) groups excluding carboxylic acids is 3. The lowest BCUT2D eigenvalue weighted by Crippen LogP contribution is -2.57. The van der Waals surface area contributed by atoms with E-state index in [1.807, 2.05) is 17.9 Å². The fourth-order valence-electron chi connectivity index (χ4n) is 4.86. The SMILES string of the molecule is CCN1C(=O)NC(=O)C12CCN(C(=O)CC1CCc3ccccc31)CC2. The van der Waals surface area contributed by atoms with Gasteiger partial charge in [-0.1, -0.05) is 24.3 Å².